The van der Waals surface area contributed by atoms with Crippen molar-refractivity contribution in [1.29, 1.82) is 0 Å². The molecule has 1 aromatic heterocycles. The molecule has 0 radical (unpaired) electrons. The summed E-state index contributed by atoms with van der Waals surface area (Å²) < 4.78 is 3.28. The van der Waals surface area contributed by atoms with E-state index in [0.29, 0.717) is 13.1 Å². The van der Waals surface area contributed by atoms with Crippen molar-refractivity contribution in [2.45, 2.75) is 32.7 Å². The second kappa shape index (κ2) is 10.8. The van der Waals surface area contributed by atoms with Gasteiger partial charge in [-0.1, -0.05) is 64.0 Å². The molecule has 0 unspecified atom stereocenters. The van der Waals surface area contributed by atoms with E-state index in [9.17, 15) is 4.79 Å². The van der Waals surface area contributed by atoms with Crippen LogP contribution in [0.3, 0.4) is 0 Å². The third kappa shape index (κ3) is 5.65. The molecule has 0 aliphatic carbocycles. The predicted molar refractivity (Wildman–Crippen MR) is 145 cm³/mol. The second-order valence-corrected chi connectivity index (χ2v) is 10.4. The van der Waals surface area contributed by atoms with Crippen LogP contribution in [0.2, 0.25) is 0 Å². The fourth-order valence-electron chi connectivity index (χ4n) is 5.04. The van der Waals surface area contributed by atoms with Gasteiger partial charge in [0, 0.05) is 23.2 Å². The van der Waals surface area contributed by atoms with Gasteiger partial charge in [-0.3, -0.25) is 14.3 Å². The number of para-hydroxylation sites is 2. The lowest BCUT2D eigenvalue weighted by Gasteiger charge is -2.31. The molecular formula is C29H31BrN4O. The number of aromatic nitrogens is 2. The Balaban J connectivity index is 1.27. The van der Waals surface area contributed by atoms with Gasteiger partial charge in [-0.2, -0.15) is 0 Å². The van der Waals surface area contributed by atoms with E-state index in [4.69, 9.17) is 4.98 Å². The van der Waals surface area contributed by atoms with Crippen molar-refractivity contribution in [3.63, 3.8) is 0 Å². The molecule has 5 rings (SSSR count). The number of amides is 1. The topological polar surface area (TPSA) is 50.2 Å². The Morgan fingerprint density at radius 2 is 1.94 bits per heavy atom. The number of nitrogens with one attached hydrogen (secondary N) is 1. The van der Waals surface area contributed by atoms with Crippen LogP contribution in [0.25, 0.3) is 16.7 Å². The van der Waals surface area contributed by atoms with E-state index >= 15 is 0 Å². The van der Waals surface area contributed by atoms with Crippen LogP contribution in [0.15, 0.2) is 77.3 Å². The average molecular weight is 531 g/mol. The number of hydrogen-bond donors (Lipinski definition) is 1. The first kappa shape index (κ1) is 23.8. The lowest BCUT2D eigenvalue weighted by molar-refractivity contribution is -0.126. The maximum Gasteiger partial charge on any atom is 0.224 e. The Hall–Kier alpha value is -2.96. The van der Waals surface area contributed by atoms with Crippen LogP contribution in [-0.4, -0.2) is 40.0 Å². The summed E-state index contributed by atoms with van der Waals surface area (Å²) in [7, 11) is 0. The third-order valence-corrected chi connectivity index (χ3v) is 7.23. The van der Waals surface area contributed by atoms with Gasteiger partial charge in [0.1, 0.15) is 5.82 Å². The maximum atomic E-state index is 13.0. The number of carbonyl (C=O) groups excluding carboxylic acids is 1. The van der Waals surface area contributed by atoms with E-state index in [1.54, 1.807) is 0 Å². The number of hydrogen-bond acceptors (Lipinski definition) is 3. The number of imidazole rings is 1. The SMILES string of the molecule is Cc1cccc(CCNC(=O)[C@H]2CCCN(Cc3nc4ccccc4n3-c3cccc(Br)c3)C2)c1. The molecular weight excluding hydrogens is 500 g/mol. The van der Waals surface area contributed by atoms with Crippen molar-refractivity contribution in [2.24, 2.45) is 5.92 Å². The Morgan fingerprint density at radius 3 is 2.80 bits per heavy atom. The van der Waals surface area contributed by atoms with Crippen molar-refractivity contribution >= 4 is 32.9 Å². The molecule has 180 valence electrons. The molecule has 0 saturated carbocycles. The van der Waals surface area contributed by atoms with E-state index in [1.807, 2.05) is 12.1 Å². The number of halogens is 1. The molecule has 0 spiro atoms. The van der Waals surface area contributed by atoms with Crippen LogP contribution in [0.4, 0.5) is 0 Å². The number of rotatable bonds is 7. The monoisotopic (exact) mass is 530 g/mol. The highest BCUT2D eigenvalue weighted by atomic mass is 79.9. The lowest BCUT2D eigenvalue weighted by Crippen LogP contribution is -2.43. The maximum absolute atomic E-state index is 13.0. The highest BCUT2D eigenvalue weighted by molar-refractivity contribution is 9.10. The highest BCUT2D eigenvalue weighted by Crippen LogP contribution is 2.26. The first-order valence-corrected chi connectivity index (χ1v) is 13.1. The van der Waals surface area contributed by atoms with E-state index in [1.165, 1.54) is 11.1 Å². The van der Waals surface area contributed by atoms with E-state index < -0.39 is 0 Å². The Kier molecular flexibility index (Phi) is 7.30. The van der Waals surface area contributed by atoms with Gasteiger partial charge in [-0.25, -0.2) is 4.98 Å². The summed E-state index contributed by atoms with van der Waals surface area (Å²) in [6.07, 6.45) is 2.82. The van der Waals surface area contributed by atoms with Gasteiger partial charge in [0.25, 0.3) is 0 Å². The first-order valence-electron chi connectivity index (χ1n) is 12.3. The summed E-state index contributed by atoms with van der Waals surface area (Å²) >= 11 is 3.61. The minimum Gasteiger partial charge on any atom is -0.355 e. The van der Waals surface area contributed by atoms with Gasteiger partial charge < -0.3 is 5.32 Å². The molecule has 5 nitrogen and oxygen atoms in total. The standard InChI is InChI=1S/C29H31BrN4O/c1-21-7-4-8-22(17-21)14-15-31-29(35)23-9-6-16-33(19-23)20-28-32-26-12-2-3-13-27(26)34(28)25-11-5-10-24(30)18-25/h2-5,7-8,10-13,17-18,23H,6,9,14-16,19-20H2,1H3,(H,31,35)/t23-/m0/s1. The van der Waals surface area contributed by atoms with Crippen LogP contribution in [0.5, 0.6) is 0 Å². The van der Waals surface area contributed by atoms with Gasteiger partial charge in [-0.15, -0.1) is 0 Å². The molecule has 1 amide bonds. The minimum atomic E-state index is 0.0185. The molecule has 3 aromatic carbocycles. The fraction of sp³-hybridized carbons (Fsp3) is 0.310. The molecule has 0 bridgehead atoms. The van der Waals surface area contributed by atoms with Gasteiger partial charge in [-0.05, 0) is 68.6 Å². The molecule has 1 atom stereocenters. The average Bonchev–Trinajstić information content (AvgIpc) is 3.22. The summed E-state index contributed by atoms with van der Waals surface area (Å²) in [6.45, 7) is 5.24. The lowest BCUT2D eigenvalue weighted by atomic mass is 9.97. The zero-order valence-electron chi connectivity index (χ0n) is 20.1. The molecule has 35 heavy (non-hydrogen) atoms. The van der Waals surface area contributed by atoms with Gasteiger partial charge >= 0.3 is 0 Å². The molecule has 1 saturated heterocycles. The van der Waals surface area contributed by atoms with E-state index in [0.717, 1.165) is 59.4 Å². The van der Waals surface area contributed by atoms with Crippen molar-refractivity contribution < 1.29 is 4.79 Å². The van der Waals surface area contributed by atoms with Gasteiger partial charge in [0.2, 0.25) is 5.91 Å². The summed E-state index contributed by atoms with van der Waals surface area (Å²) in [5.41, 5.74) is 5.70. The zero-order valence-corrected chi connectivity index (χ0v) is 21.7. The van der Waals surface area contributed by atoms with Crippen molar-refractivity contribution in [2.75, 3.05) is 19.6 Å². The Morgan fingerprint density at radius 1 is 1.09 bits per heavy atom. The normalized spacial score (nSPS) is 16.5. The van der Waals surface area contributed by atoms with Crippen molar-refractivity contribution in [1.82, 2.24) is 19.8 Å². The second-order valence-electron chi connectivity index (χ2n) is 9.44. The third-order valence-electron chi connectivity index (χ3n) is 6.73. The quantitative estimate of drug-likeness (QED) is 0.335. The van der Waals surface area contributed by atoms with E-state index in [-0.39, 0.29) is 11.8 Å². The van der Waals surface area contributed by atoms with Crippen LogP contribution in [-0.2, 0) is 17.8 Å². The molecule has 1 N–H and O–H groups in total. The molecule has 1 fully saturated rings. The number of piperidine rings is 1. The molecule has 2 heterocycles. The number of nitrogens with zero attached hydrogens (tertiary/aromatic N) is 3. The molecule has 1 aliphatic heterocycles. The van der Waals surface area contributed by atoms with E-state index in [2.05, 4.69) is 98.3 Å². The Bertz CT molecular complexity index is 1330. The van der Waals surface area contributed by atoms with Crippen molar-refractivity contribution in [3.05, 3.63) is 94.2 Å². The number of likely N-dealkylation sites (tertiary alicyclic amines) is 1. The number of fused-ring (bicyclic) bond motifs is 1. The summed E-state index contributed by atoms with van der Waals surface area (Å²) in [5, 5.41) is 3.18. The number of benzene rings is 3. The molecule has 1 aliphatic rings. The zero-order chi connectivity index (χ0) is 24.2. The van der Waals surface area contributed by atoms with Crippen LogP contribution >= 0.6 is 15.9 Å². The van der Waals surface area contributed by atoms with Crippen LogP contribution in [0.1, 0.15) is 29.8 Å². The number of aryl methyl sites for hydroxylation is 1. The van der Waals surface area contributed by atoms with Gasteiger partial charge in [0.15, 0.2) is 0 Å². The Labute approximate surface area is 215 Å². The fourth-order valence-corrected chi connectivity index (χ4v) is 5.43. The van der Waals surface area contributed by atoms with Crippen LogP contribution < -0.4 is 5.32 Å². The predicted octanol–water partition coefficient (Wildman–Crippen LogP) is 5.67. The number of carbonyl (C=O) groups is 1. The molecule has 6 heteroatoms. The van der Waals surface area contributed by atoms with Gasteiger partial charge in [0.05, 0.1) is 23.5 Å². The first-order chi connectivity index (χ1) is 17.1. The summed E-state index contributed by atoms with van der Waals surface area (Å²) in [4.78, 5) is 20.3. The summed E-state index contributed by atoms with van der Waals surface area (Å²) in [5.74, 6) is 1.19. The highest BCUT2D eigenvalue weighted by Gasteiger charge is 2.27. The minimum absolute atomic E-state index is 0.0185. The molecule has 4 aromatic rings. The smallest absolute Gasteiger partial charge is 0.224 e. The summed E-state index contributed by atoms with van der Waals surface area (Å²) in [6, 6.07) is 25.1. The van der Waals surface area contributed by atoms with Crippen LogP contribution in [0, 0.1) is 12.8 Å². The largest absolute Gasteiger partial charge is 0.355 e. The van der Waals surface area contributed by atoms with Crippen molar-refractivity contribution in [3.8, 4) is 5.69 Å².